The lowest BCUT2D eigenvalue weighted by Crippen LogP contribution is -2.45. The number of hydrogen-bond donors (Lipinski definition) is 2. The first-order valence-electron chi connectivity index (χ1n) is 12.0. The van der Waals surface area contributed by atoms with Crippen LogP contribution in [0.1, 0.15) is 34.3 Å². The quantitative estimate of drug-likeness (QED) is 0.407. The summed E-state index contributed by atoms with van der Waals surface area (Å²) in [7, 11) is 0. The van der Waals surface area contributed by atoms with Gasteiger partial charge in [0.1, 0.15) is 24.1 Å². The fourth-order valence-corrected chi connectivity index (χ4v) is 4.53. The second-order valence-electron chi connectivity index (χ2n) is 8.85. The molecule has 3 aromatic carbocycles. The monoisotopic (exact) mass is 481 g/mol. The van der Waals surface area contributed by atoms with Crippen molar-refractivity contribution in [3.05, 3.63) is 102 Å². The molecule has 4 aromatic rings. The van der Waals surface area contributed by atoms with E-state index < -0.39 is 6.04 Å². The fourth-order valence-electron chi connectivity index (χ4n) is 4.53. The van der Waals surface area contributed by atoms with Gasteiger partial charge in [-0.15, -0.1) is 0 Å². The first kappa shape index (κ1) is 23.4. The number of carbonyl (C=O) groups excluding carboxylic acids is 2. The van der Waals surface area contributed by atoms with Gasteiger partial charge in [-0.1, -0.05) is 48.5 Å². The number of carbonyl (C=O) groups is 2. The Hall–Kier alpha value is -4.39. The minimum absolute atomic E-state index is 0.0463. The van der Waals surface area contributed by atoms with Crippen molar-refractivity contribution in [1.29, 1.82) is 0 Å². The number of nitrogens with zero attached hydrogens (tertiary/aromatic N) is 2. The van der Waals surface area contributed by atoms with Gasteiger partial charge in [0.2, 0.25) is 5.91 Å². The molecule has 0 bridgehead atoms. The van der Waals surface area contributed by atoms with Gasteiger partial charge in [-0.05, 0) is 48.1 Å². The molecule has 0 saturated carbocycles. The SMILES string of the molecule is O=C(NCc1ccc(OCc2cccnc2)cc1)C1CCCN1C(=O)c1ccc2ccccc2c1O. The van der Waals surface area contributed by atoms with Gasteiger partial charge in [0, 0.05) is 36.4 Å². The largest absolute Gasteiger partial charge is 0.506 e. The standard InChI is InChI=1S/C29H27N3O4/c33-27-24-7-2-1-6-22(24)11-14-25(27)29(35)32-16-4-8-26(32)28(34)31-18-20-9-12-23(13-10-20)36-19-21-5-3-15-30-17-21/h1-3,5-7,9-15,17,26,33H,4,8,16,18-19H2,(H,31,34). The number of nitrogens with one attached hydrogen (secondary N) is 1. The highest BCUT2D eigenvalue weighted by atomic mass is 16.5. The number of phenolic OH excluding ortho intramolecular Hbond substituents is 1. The number of fused-ring (bicyclic) bond motifs is 1. The molecule has 1 aliphatic rings. The molecule has 1 saturated heterocycles. The van der Waals surface area contributed by atoms with Crippen molar-refractivity contribution in [2.45, 2.75) is 32.0 Å². The molecule has 1 fully saturated rings. The normalized spacial score (nSPS) is 15.1. The van der Waals surface area contributed by atoms with E-state index in [4.69, 9.17) is 4.74 Å². The molecule has 2 heterocycles. The molecule has 1 aromatic heterocycles. The molecule has 5 rings (SSSR count). The van der Waals surface area contributed by atoms with Crippen molar-refractivity contribution in [3.8, 4) is 11.5 Å². The van der Waals surface area contributed by atoms with Crippen LogP contribution in [0.25, 0.3) is 10.8 Å². The second-order valence-corrected chi connectivity index (χ2v) is 8.85. The molecule has 1 aliphatic heterocycles. The summed E-state index contributed by atoms with van der Waals surface area (Å²) in [5, 5.41) is 15.2. The third-order valence-electron chi connectivity index (χ3n) is 6.47. The number of hydrogen-bond acceptors (Lipinski definition) is 5. The van der Waals surface area contributed by atoms with Crippen molar-refractivity contribution in [3.63, 3.8) is 0 Å². The summed E-state index contributed by atoms with van der Waals surface area (Å²) in [6.07, 6.45) is 4.82. The van der Waals surface area contributed by atoms with E-state index in [2.05, 4.69) is 10.3 Å². The number of likely N-dealkylation sites (tertiary alicyclic amines) is 1. The lowest BCUT2D eigenvalue weighted by atomic mass is 10.0. The summed E-state index contributed by atoms with van der Waals surface area (Å²) in [4.78, 5) is 31.9. The Balaban J connectivity index is 1.19. The summed E-state index contributed by atoms with van der Waals surface area (Å²) >= 11 is 0. The molecular formula is C29H27N3O4. The van der Waals surface area contributed by atoms with Gasteiger partial charge in [-0.3, -0.25) is 14.6 Å². The smallest absolute Gasteiger partial charge is 0.258 e. The Morgan fingerprint density at radius 3 is 2.64 bits per heavy atom. The summed E-state index contributed by atoms with van der Waals surface area (Å²) < 4.78 is 5.78. The zero-order valence-electron chi connectivity index (χ0n) is 19.8. The predicted molar refractivity (Wildman–Crippen MR) is 137 cm³/mol. The highest BCUT2D eigenvalue weighted by molar-refractivity contribution is 6.05. The summed E-state index contributed by atoms with van der Waals surface area (Å²) in [5.74, 6) is 0.163. The van der Waals surface area contributed by atoms with E-state index in [9.17, 15) is 14.7 Å². The average molecular weight is 482 g/mol. The fraction of sp³-hybridized carbons (Fsp3) is 0.207. The Kier molecular flexibility index (Phi) is 6.80. The number of ether oxygens (including phenoxy) is 1. The van der Waals surface area contributed by atoms with E-state index in [0.717, 1.165) is 28.7 Å². The van der Waals surface area contributed by atoms with Crippen LogP contribution < -0.4 is 10.1 Å². The van der Waals surface area contributed by atoms with Crippen molar-refractivity contribution < 1.29 is 19.4 Å². The van der Waals surface area contributed by atoms with E-state index >= 15 is 0 Å². The Morgan fingerprint density at radius 1 is 1.00 bits per heavy atom. The van der Waals surface area contributed by atoms with Crippen LogP contribution in [0.15, 0.2) is 85.2 Å². The zero-order valence-corrected chi connectivity index (χ0v) is 19.8. The van der Waals surface area contributed by atoms with E-state index in [1.54, 1.807) is 29.4 Å². The Morgan fingerprint density at radius 2 is 1.83 bits per heavy atom. The van der Waals surface area contributed by atoms with Gasteiger partial charge < -0.3 is 20.1 Å². The van der Waals surface area contributed by atoms with Crippen LogP contribution in [0, 0.1) is 0 Å². The highest BCUT2D eigenvalue weighted by Crippen LogP contribution is 2.31. The third kappa shape index (κ3) is 5.00. The van der Waals surface area contributed by atoms with Crippen LogP contribution in [-0.4, -0.2) is 39.4 Å². The number of phenols is 1. The van der Waals surface area contributed by atoms with Crippen LogP contribution in [0.4, 0.5) is 0 Å². The summed E-state index contributed by atoms with van der Waals surface area (Å²) in [6, 6.07) is 21.6. The lowest BCUT2D eigenvalue weighted by Gasteiger charge is -2.24. The van der Waals surface area contributed by atoms with Crippen LogP contribution in [0.3, 0.4) is 0 Å². The maximum Gasteiger partial charge on any atom is 0.258 e. The molecule has 7 nitrogen and oxygen atoms in total. The number of aromatic nitrogens is 1. The molecule has 2 N–H and O–H groups in total. The zero-order chi connectivity index (χ0) is 24.9. The van der Waals surface area contributed by atoms with Gasteiger partial charge in [0.25, 0.3) is 5.91 Å². The van der Waals surface area contributed by atoms with Gasteiger partial charge >= 0.3 is 0 Å². The van der Waals surface area contributed by atoms with Crippen LogP contribution in [0.2, 0.25) is 0 Å². The van der Waals surface area contributed by atoms with E-state index in [0.29, 0.717) is 31.5 Å². The maximum atomic E-state index is 13.3. The third-order valence-corrected chi connectivity index (χ3v) is 6.47. The minimum Gasteiger partial charge on any atom is -0.506 e. The highest BCUT2D eigenvalue weighted by Gasteiger charge is 2.35. The molecule has 182 valence electrons. The number of benzene rings is 3. The van der Waals surface area contributed by atoms with E-state index in [-0.39, 0.29) is 23.1 Å². The summed E-state index contributed by atoms with van der Waals surface area (Å²) in [5.41, 5.74) is 2.14. The van der Waals surface area contributed by atoms with Crippen molar-refractivity contribution in [2.24, 2.45) is 0 Å². The molecule has 0 radical (unpaired) electrons. The summed E-state index contributed by atoms with van der Waals surface area (Å²) in [6.45, 7) is 1.26. The number of rotatable bonds is 7. The van der Waals surface area contributed by atoms with Gasteiger partial charge in [0.15, 0.2) is 0 Å². The predicted octanol–water partition coefficient (Wildman–Crippen LogP) is 4.44. The Bertz CT molecular complexity index is 1370. The average Bonchev–Trinajstić information content (AvgIpc) is 3.42. The number of aromatic hydroxyl groups is 1. The molecule has 1 atom stereocenters. The van der Waals surface area contributed by atoms with Crippen molar-refractivity contribution in [2.75, 3.05) is 6.54 Å². The molecule has 7 heteroatoms. The Labute approximate surface area is 209 Å². The van der Waals surface area contributed by atoms with Crippen LogP contribution >= 0.6 is 0 Å². The molecule has 1 unspecified atom stereocenters. The van der Waals surface area contributed by atoms with Gasteiger partial charge in [-0.2, -0.15) is 0 Å². The number of pyridine rings is 1. The van der Waals surface area contributed by atoms with Crippen LogP contribution in [-0.2, 0) is 17.9 Å². The first-order chi connectivity index (χ1) is 17.6. The molecule has 2 amide bonds. The lowest BCUT2D eigenvalue weighted by molar-refractivity contribution is -0.125. The first-order valence-corrected chi connectivity index (χ1v) is 12.0. The van der Waals surface area contributed by atoms with Gasteiger partial charge in [-0.25, -0.2) is 0 Å². The van der Waals surface area contributed by atoms with E-state index in [1.807, 2.05) is 60.7 Å². The molecular weight excluding hydrogens is 454 g/mol. The van der Waals surface area contributed by atoms with Crippen molar-refractivity contribution >= 4 is 22.6 Å². The second kappa shape index (κ2) is 10.5. The molecule has 0 spiro atoms. The van der Waals surface area contributed by atoms with Crippen molar-refractivity contribution in [1.82, 2.24) is 15.2 Å². The topological polar surface area (TPSA) is 91.8 Å². The number of amides is 2. The van der Waals surface area contributed by atoms with Crippen LogP contribution in [0.5, 0.6) is 11.5 Å². The van der Waals surface area contributed by atoms with Gasteiger partial charge in [0.05, 0.1) is 5.56 Å². The van der Waals surface area contributed by atoms with E-state index in [1.165, 1.54) is 0 Å². The maximum absolute atomic E-state index is 13.3. The minimum atomic E-state index is -0.564. The molecule has 36 heavy (non-hydrogen) atoms. The molecule has 0 aliphatic carbocycles.